The third-order valence-corrected chi connectivity index (χ3v) is 7.85. The van der Waals surface area contributed by atoms with Crippen molar-refractivity contribution in [1.29, 1.82) is 0 Å². The lowest BCUT2D eigenvalue weighted by Gasteiger charge is -2.22. The first kappa shape index (κ1) is 20.4. The first-order valence-electron chi connectivity index (χ1n) is 9.58. The fourth-order valence-electron chi connectivity index (χ4n) is 3.64. The van der Waals surface area contributed by atoms with Crippen LogP contribution in [0.5, 0.6) is 5.88 Å². The van der Waals surface area contributed by atoms with Crippen LogP contribution in [-0.4, -0.2) is 30.6 Å². The number of aldehydes is 1. The Morgan fingerprint density at radius 2 is 2.00 bits per heavy atom. The summed E-state index contributed by atoms with van der Waals surface area (Å²) in [7, 11) is -3.96. The van der Waals surface area contributed by atoms with Crippen LogP contribution < -0.4 is 20.3 Å². The van der Waals surface area contributed by atoms with Crippen molar-refractivity contribution in [2.75, 3.05) is 16.6 Å². The Balaban J connectivity index is 1.85. The SMILES string of the molecule is Cc1ccc(Nc2c(NS(=O)(=O)C3(CC=O)CC3)c3n(c(=O)c2C)CCO3)c(F)c1. The number of benzene rings is 1. The van der Waals surface area contributed by atoms with E-state index in [2.05, 4.69) is 10.0 Å². The van der Waals surface area contributed by atoms with Crippen molar-refractivity contribution < 1.29 is 22.3 Å². The molecular weight excluding hydrogens is 413 g/mol. The number of ether oxygens (including phenoxy) is 1. The molecule has 2 aliphatic rings. The van der Waals surface area contributed by atoms with Crippen molar-refractivity contribution in [1.82, 2.24) is 4.57 Å². The fourth-order valence-corrected chi connectivity index (χ4v) is 5.24. The fraction of sp³-hybridized carbons (Fsp3) is 0.400. The predicted octanol–water partition coefficient (Wildman–Crippen LogP) is 2.60. The van der Waals surface area contributed by atoms with E-state index in [9.17, 15) is 22.4 Å². The van der Waals surface area contributed by atoms with Crippen LogP contribution in [0.2, 0.25) is 0 Å². The molecule has 1 aromatic heterocycles. The molecule has 4 rings (SSSR count). The van der Waals surface area contributed by atoms with Gasteiger partial charge in [-0.05, 0) is 44.4 Å². The van der Waals surface area contributed by atoms with E-state index in [0.29, 0.717) is 19.1 Å². The summed E-state index contributed by atoms with van der Waals surface area (Å²) >= 11 is 0. The van der Waals surface area contributed by atoms with Gasteiger partial charge in [0.05, 0.1) is 22.7 Å². The van der Waals surface area contributed by atoms with Gasteiger partial charge in [-0.3, -0.25) is 14.1 Å². The van der Waals surface area contributed by atoms with Crippen LogP contribution >= 0.6 is 0 Å². The summed E-state index contributed by atoms with van der Waals surface area (Å²) in [5.41, 5.74) is 0.859. The van der Waals surface area contributed by atoms with Crippen LogP contribution in [-0.2, 0) is 21.4 Å². The lowest BCUT2D eigenvalue weighted by molar-refractivity contribution is -0.107. The third-order valence-electron chi connectivity index (χ3n) is 5.66. The standard InChI is InChI=1S/C20H22FN3O5S/c1-12-3-4-15(14(21)11-12)22-16-13(2)18(26)24-8-10-29-19(24)17(16)23-30(27,28)20(5-6-20)7-9-25/h3-4,9,11,22-23H,5-8,10H2,1-2H3. The van der Waals surface area contributed by atoms with Crippen molar-refractivity contribution in [2.45, 2.75) is 44.4 Å². The minimum absolute atomic E-state index is 0.0433. The lowest BCUT2D eigenvalue weighted by Crippen LogP contribution is -2.32. The zero-order chi connectivity index (χ0) is 21.7. The van der Waals surface area contributed by atoms with Crippen LogP contribution in [0.25, 0.3) is 0 Å². The van der Waals surface area contributed by atoms with Crippen molar-refractivity contribution in [3.05, 3.63) is 45.5 Å². The second kappa shape index (κ2) is 7.12. The second-order valence-corrected chi connectivity index (χ2v) is 9.83. The Bertz CT molecular complexity index is 1200. The maximum absolute atomic E-state index is 14.5. The number of sulfonamides is 1. The van der Waals surface area contributed by atoms with Crippen LogP contribution in [0.3, 0.4) is 0 Å². The molecule has 160 valence electrons. The van der Waals surface area contributed by atoms with Gasteiger partial charge in [-0.15, -0.1) is 0 Å². The number of anilines is 3. The molecule has 10 heteroatoms. The molecule has 0 saturated heterocycles. The number of rotatable bonds is 7. The Morgan fingerprint density at radius 1 is 1.27 bits per heavy atom. The van der Waals surface area contributed by atoms with Gasteiger partial charge in [0.15, 0.2) is 0 Å². The molecule has 0 amide bonds. The maximum Gasteiger partial charge on any atom is 0.258 e. The Morgan fingerprint density at radius 3 is 2.63 bits per heavy atom. The Kier molecular flexibility index (Phi) is 4.84. The minimum atomic E-state index is -3.96. The number of hydrogen-bond donors (Lipinski definition) is 2. The van der Waals surface area contributed by atoms with Gasteiger partial charge in [0.2, 0.25) is 15.9 Å². The highest BCUT2D eigenvalue weighted by Gasteiger charge is 2.54. The number of nitrogens with one attached hydrogen (secondary N) is 2. The molecule has 2 N–H and O–H groups in total. The first-order valence-corrected chi connectivity index (χ1v) is 11.1. The van der Waals surface area contributed by atoms with Crippen LogP contribution in [0.4, 0.5) is 21.5 Å². The highest BCUT2D eigenvalue weighted by atomic mass is 32.2. The summed E-state index contributed by atoms with van der Waals surface area (Å²) in [5, 5.41) is 2.87. The molecule has 0 atom stereocenters. The number of pyridine rings is 1. The molecular formula is C20H22FN3O5S. The monoisotopic (exact) mass is 435 g/mol. The molecule has 1 aliphatic heterocycles. The zero-order valence-electron chi connectivity index (χ0n) is 16.6. The summed E-state index contributed by atoms with van der Waals surface area (Å²) in [6, 6.07) is 4.55. The van der Waals surface area contributed by atoms with Crippen molar-refractivity contribution in [3.63, 3.8) is 0 Å². The van der Waals surface area contributed by atoms with E-state index >= 15 is 0 Å². The van der Waals surface area contributed by atoms with Crippen LogP contribution in [0, 0.1) is 19.7 Å². The largest absolute Gasteiger partial charge is 0.475 e. The van der Waals surface area contributed by atoms with E-state index in [1.165, 1.54) is 16.7 Å². The highest BCUT2D eigenvalue weighted by molar-refractivity contribution is 7.94. The number of carbonyl (C=O) groups excluding carboxylic acids is 1. The molecule has 8 nitrogen and oxygen atoms in total. The Labute approximate surface area is 173 Å². The normalized spacial score (nSPS) is 16.5. The number of aromatic nitrogens is 1. The molecule has 1 saturated carbocycles. The zero-order valence-corrected chi connectivity index (χ0v) is 17.4. The van der Waals surface area contributed by atoms with Gasteiger partial charge in [-0.2, -0.15) is 0 Å². The van der Waals surface area contributed by atoms with E-state index in [4.69, 9.17) is 4.74 Å². The minimum Gasteiger partial charge on any atom is -0.475 e. The summed E-state index contributed by atoms with van der Waals surface area (Å²) < 4.78 is 48.9. The molecule has 1 aliphatic carbocycles. The summed E-state index contributed by atoms with van der Waals surface area (Å²) in [6.45, 7) is 3.78. The molecule has 0 radical (unpaired) electrons. The van der Waals surface area contributed by atoms with Crippen LogP contribution in [0.15, 0.2) is 23.0 Å². The number of carbonyl (C=O) groups is 1. The van der Waals surface area contributed by atoms with Gasteiger partial charge in [0.1, 0.15) is 24.4 Å². The molecule has 2 aromatic rings. The van der Waals surface area contributed by atoms with E-state index < -0.39 is 20.6 Å². The molecule has 0 spiro atoms. The average molecular weight is 435 g/mol. The van der Waals surface area contributed by atoms with E-state index in [0.717, 1.165) is 5.56 Å². The lowest BCUT2D eigenvalue weighted by atomic mass is 10.1. The van der Waals surface area contributed by atoms with Gasteiger partial charge in [0.25, 0.3) is 5.56 Å². The van der Waals surface area contributed by atoms with Crippen molar-refractivity contribution in [2.24, 2.45) is 0 Å². The van der Waals surface area contributed by atoms with Gasteiger partial charge in [0, 0.05) is 12.0 Å². The van der Waals surface area contributed by atoms with Gasteiger partial charge < -0.3 is 14.8 Å². The third kappa shape index (κ3) is 3.24. The molecule has 0 unspecified atom stereocenters. The van der Waals surface area contributed by atoms with Crippen molar-refractivity contribution in [3.8, 4) is 5.88 Å². The van der Waals surface area contributed by atoms with E-state index in [-0.39, 0.29) is 53.6 Å². The smallest absolute Gasteiger partial charge is 0.258 e. The van der Waals surface area contributed by atoms with Gasteiger partial charge >= 0.3 is 0 Å². The maximum atomic E-state index is 14.5. The highest BCUT2D eigenvalue weighted by Crippen LogP contribution is 2.48. The summed E-state index contributed by atoms with van der Waals surface area (Å²) in [6.07, 6.45) is 1.21. The van der Waals surface area contributed by atoms with E-state index in [1.54, 1.807) is 19.9 Å². The number of fused-ring (bicyclic) bond motifs is 1. The topological polar surface area (TPSA) is 106 Å². The second-order valence-electron chi connectivity index (χ2n) is 7.75. The van der Waals surface area contributed by atoms with Gasteiger partial charge in [-0.1, -0.05) is 6.07 Å². The Hall–Kier alpha value is -2.88. The van der Waals surface area contributed by atoms with Crippen molar-refractivity contribution >= 4 is 33.4 Å². The van der Waals surface area contributed by atoms with Gasteiger partial charge in [-0.25, -0.2) is 12.8 Å². The summed E-state index contributed by atoms with van der Waals surface area (Å²) in [5.74, 6) is -0.463. The molecule has 0 bridgehead atoms. The number of nitrogens with zero attached hydrogens (tertiary/aromatic N) is 1. The number of hydrogen-bond acceptors (Lipinski definition) is 6. The predicted molar refractivity (Wildman–Crippen MR) is 111 cm³/mol. The number of aryl methyl sites for hydroxylation is 1. The quantitative estimate of drug-likeness (QED) is 0.648. The van der Waals surface area contributed by atoms with Crippen LogP contribution in [0.1, 0.15) is 30.4 Å². The molecule has 2 heterocycles. The van der Waals surface area contributed by atoms with E-state index in [1.807, 2.05) is 0 Å². The molecule has 1 aromatic carbocycles. The summed E-state index contributed by atoms with van der Waals surface area (Å²) in [4.78, 5) is 23.8. The molecule has 1 fully saturated rings. The molecule has 30 heavy (non-hydrogen) atoms. The number of halogens is 1. The first-order chi connectivity index (χ1) is 14.2. The average Bonchev–Trinajstić information content (AvgIpc) is 3.32.